The number of rotatable bonds is 7. The van der Waals surface area contributed by atoms with Crippen LogP contribution in [0.1, 0.15) is 43.1 Å². The van der Waals surface area contributed by atoms with E-state index in [4.69, 9.17) is 4.98 Å². The van der Waals surface area contributed by atoms with Crippen molar-refractivity contribution in [1.82, 2.24) is 14.5 Å². The molecule has 2 heterocycles. The maximum atomic E-state index is 12.5. The second-order valence-corrected chi connectivity index (χ2v) is 7.47. The van der Waals surface area contributed by atoms with Crippen molar-refractivity contribution in [3.8, 4) is 17.2 Å². The second-order valence-electron chi connectivity index (χ2n) is 7.47. The Bertz CT molecular complexity index is 1260. The van der Waals surface area contributed by atoms with Crippen molar-refractivity contribution >= 4 is 11.0 Å². The molecular formula is C25H24N4O. The average Bonchev–Trinajstić information content (AvgIpc) is 3.13. The highest BCUT2D eigenvalue weighted by Gasteiger charge is 2.14. The first-order valence-electron chi connectivity index (χ1n) is 10.4. The molecule has 4 aromatic rings. The van der Waals surface area contributed by atoms with Gasteiger partial charge in [-0.05, 0) is 35.2 Å². The number of pyridine rings is 1. The second kappa shape index (κ2) is 8.79. The molecule has 30 heavy (non-hydrogen) atoms. The maximum absolute atomic E-state index is 12.5. The molecule has 0 fully saturated rings. The lowest BCUT2D eigenvalue weighted by Gasteiger charge is -2.10. The minimum absolute atomic E-state index is 0.110. The van der Waals surface area contributed by atoms with Crippen molar-refractivity contribution < 1.29 is 0 Å². The molecule has 1 N–H and O–H groups in total. The molecule has 150 valence electrons. The Morgan fingerprint density at radius 2 is 1.87 bits per heavy atom. The molecule has 0 saturated carbocycles. The van der Waals surface area contributed by atoms with Crippen LogP contribution in [0.15, 0.2) is 65.6 Å². The lowest BCUT2D eigenvalue weighted by atomic mass is 9.99. The van der Waals surface area contributed by atoms with Gasteiger partial charge < -0.3 is 9.55 Å². The third-order valence-corrected chi connectivity index (χ3v) is 5.40. The van der Waals surface area contributed by atoms with Gasteiger partial charge in [-0.25, -0.2) is 4.98 Å². The first kappa shape index (κ1) is 19.7. The highest BCUT2D eigenvalue weighted by Crippen LogP contribution is 2.24. The summed E-state index contributed by atoms with van der Waals surface area (Å²) in [6, 6.07) is 19.9. The molecule has 5 heteroatoms. The summed E-state index contributed by atoms with van der Waals surface area (Å²) in [5, 5.41) is 9.36. The summed E-state index contributed by atoms with van der Waals surface area (Å²) in [4.78, 5) is 20.0. The minimum Gasteiger partial charge on any atom is -0.327 e. The van der Waals surface area contributed by atoms with E-state index in [1.165, 1.54) is 0 Å². The Labute approximate surface area is 175 Å². The molecule has 0 radical (unpaired) electrons. The standard InChI is InChI=1S/C25H24N4O/c1-2-3-4-9-23-28-22-14-15-27-25(30)24(22)29(23)17-18-10-12-19(13-11-18)21-8-6-5-7-20(21)16-26/h5-8,10-15H,2-4,9,17H2,1H3,(H,27,30). The zero-order chi connectivity index (χ0) is 20.9. The molecule has 2 aromatic heterocycles. The van der Waals surface area contributed by atoms with Gasteiger partial charge in [-0.2, -0.15) is 5.26 Å². The van der Waals surface area contributed by atoms with Crippen molar-refractivity contribution in [3.63, 3.8) is 0 Å². The lowest BCUT2D eigenvalue weighted by molar-refractivity contribution is 0.658. The van der Waals surface area contributed by atoms with Crippen molar-refractivity contribution in [2.24, 2.45) is 0 Å². The number of imidazole rings is 1. The predicted molar refractivity (Wildman–Crippen MR) is 119 cm³/mol. The first-order chi connectivity index (χ1) is 14.7. The van der Waals surface area contributed by atoms with E-state index in [-0.39, 0.29) is 5.56 Å². The van der Waals surface area contributed by atoms with Crippen LogP contribution in [0.4, 0.5) is 0 Å². The Balaban J connectivity index is 1.68. The third kappa shape index (κ3) is 3.90. The fourth-order valence-electron chi connectivity index (χ4n) is 3.84. The Morgan fingerprint density at radius 1 is 1.07 bits per heavy atom. The highest BCUT2D eigenvalue weighted by atomic mass is 16.1. The number of fused-ring (bicyclic) bond motifs is 1. The number of H-pyrrole nitrogens is 1. The van der Waals surface area contributed by atoms with Crippen LogP contribution >= 0.6 is 0 Å². The van der Waals surface area contributed by atoms with Gasteiger partial charge in [-0.3, -0.25) is 4.79 Å². The average molecular weight is 396 g/mol. The van der Waals surface area contributed by atoms with Gasteiger partial charge in [-0.15, -0.1) is 0 Å². The van der Waals surface area contributed by atoms with E-state index in [0.29, 0.717) is 17.6 Å². The Kier molecular flexibility index (Phi) is 5.76. The molecule has 2 aromatic carbocycles. The van der Waals surface area contributed by atoms with Crippen LogP contribution in [-0.2, 0) is 13.0 Å². The third-order valence-electron chi connectivity index (χ3n) is 5.40. The van der Waals surface area contributed by atoms with Gasteiger partial charge in [0.15, 0.2) is 0 Å². The van der Waals surface area contributed by atoms with Crippen molar-refractivity contribution in [2.75, 3.05) is 0 Å². The van der Waals surface area contributed by atoms with Gasteiger partial charge in [-0.1, -0.05) is 62.2 Å². The zero-order valence-corrected chi connectivity index (χ0v) is 17.1. The van der Waals surface area contributed by atoms with Gasteiger partial charge in [0, 0.05) is 19.2 Å². The molecule has 4 rings (SSSR count). The van der Waals surface area contributed by atoms with E-state index in [1.807, 2.05) is 47.0 Å². The number of aromatic nitrogens is 3. The molecule has 5 nitrogen and oxygen atoms in total. The van der Waals surface area contributed by atoms with E-state index in [1.54, 1.807) is 6.20 Å². The van der Waals surface area contributed by atoms with Crippen molar-refractivity contribution in [1.29, 1.82) is 5.26 Å². The topological polar surface area (TPSA) is 74.5 Å². The van der Waals surface area contributed by atoms with E-state index < -0.39 is 0 Å². The molecular weight excluding hydrogens is 372 g/mol. The highest BCUT2D eigenvalue weighted by molar-refractivity contribution is 5.75. The van der Waals surface area contributed by atoms with E-state index >= 15 is 0 Å². The molecule has 0 saturated heterocycles. The summed E-state index contributed by atoms with van der Waals surface area (Å²) in [7, 11) is 0. The summed E-state index contributed by atoms with van der Waals surface area (Å²) in [6.45, 7) is 2.77. The van der Waals surface area contributed by atoms with Gasteiger partial charge in [0.05, 0.1) is 17.1 Å². The molecule has 0 aliphatic heterocycles. The lowest BCUT2D eigenvalue weighted by Crippen LogP contribution is -2.13. The van der Waals surface area contributed by atoms with E-state index in [2.05, 4.69) is 30.1 Å². The van der Waals surface area contributed by atoms with Crippen LogP contribution in [0.2, 0.25) is 0 Å². The van der Waals surface area contributed by atoms with Crippen LogP contribution in [0.25, 0.3) is 22.2 Å². The SMILES string of the molecule is CCCCCc1nc2cc[nH]c(=O)c2n1Cc1ccc(-c2ccccc2C#N)cc1. The number of nitrogens with one attached hydrogen (secondary N) is 1. The molecule has 0 amide bonds. The number of hydrogen-bond donors (Lipinski definition) is 1. The molecule has 0 atom stereocenters. The van der Waals surface area contributed by atoms with E-state index in [0.717, 1.165) is 53.7 Å². The quantitative estimate of drug-likeness (QED) is 0.445. The van der Waals surface area contributed by atoms with Crippen LogP contribution in [-0.4, -0.2) is 14.5 Å². The first-order valence-corrected chi connectivity index (χ1v) is 10.4. The van der Waals surface area contributed by atoms with Crippen LogP contribution in [0.5, 0.6) is 0 Å². The fraction of sp³-hybridized carbons (Fsp3) is 0.240. The normalized spacial score (nSPS) is 10.9. The summed E-state index contributed by atoms with van der Waals surface area (Å²) in [5.41, 5.74) is 4.95. The predicted octanol–water partition coefficient (Wildman–Crippen LogP) is 5.04. The smallest absolute Gasteiger partial charge is 0.274 e. The molecule has 0 spiro atoms. The monoisotopic (exact) mass is 396 g/mol. The number of nitrogens with zero attached hydrogens (tertiary/aromatic N) is 3. The Morgan fingerprint density at radius 3 is 2.63 bits per heavy atom. The van der Waals surface area contributed by atoms with Crippen LogP contribution in [0.3, 0.4) is 0 Å². The van der Waals surface area contributed by atoms with Gasteiger partial charge in [0.2, 0.25) is 0 Å². The minimum atomic E-state index is -0.110. The molecule has 0 aliphatic rings. The van der Waals surface area contributed by atoms with Crippen LogP contribution in [0, 0.1) is 11.3 Å². The molecule has 0 unspecified atom stereocenters. The van der Waals surface area contributed by atoms with Crippen molar-refractivity contribution in [2.45, 2.75) is 39.2 Å². The zero-order valence-electron chi connectivity index (χ0n) is 17.1. The van der Waals surface area contributed by atoms with Gasteiger partial charge in [0.25, 0.3) is 5.56 Å². The van der Waals surface area contributed by atoms with Crippen molar-refractivity contribution in [3.05, 3.63) is 88.1 Å². The number of benzene rings is 2. The number of hydrogen-bond acceptors (Lipinski definition) is 3. The largest absolute Gasteiger partial charge is 0.327 e. The summed E-state index contributed by atoms with van der Waals surface area (Å²) >= 11 is 0. The van der Waals surface area contributed by atoms with Gasteiger partial charge in [0.1, 0.15) is 11.3 Å². The maximum Gasteiger partial charge on any atom is 0.274 e. The number of unbranched alkanes of at least 4 members (excludes halogenated alkanes) is 2. The van der Waals surface area contributed by atoms with E-state index in [9.17, 15) is 10.1 Å². The van der Waals surface area contributed by atoms with Crippen LogP contribution < -0.4 is 5.56 Å². The number of aryl methyl sites for hydroxylation is 1. The Hall–Kier alpha value is -3.65. The number of nitriles is 1. The summed E-state index contributed by atoms with van der Waals surface area (Å²) < 4.78 is 2.04. The fourth-order valence-corrected chi connectivity index (χ4v) is 3.84. The van der Waals surface area contributed by atoms with Gasteiger partial charge >= 0.3 is 0 Å². The summed E-state index contributed by atoms with van der Waals surface area (Å²) in [5.74, 6) is 0.953. The molecule has 0 bridgehead atoms. The number of aromatic amines is 1. The molecule has 0 aliphatic carbocycles. The summed E-state index contributed by atoms with van der Waals surface area (Å²) in [6.07, 6.45) is 5.86.